The van der Waals surface area contributed by atoms with Crippen molar-refractivity contribution in [3.63, 3.8) is 0 Å². The van der Waals surface area contributed by atoms with Crippen LogP contribution in [0.25, 0.3) is 0 Å². The molecule has 0 heterocycles. The van der Waals surface area contributed by atoms with Gasteiger partial charge in [0.15, 0.2) is 0 Å². The summed E-state index contributed by atoms with van der Waals surface area (Å²) in [4.78, 5) is 24.3. The Balaban J connectivity index is 1.95. The monoisotopic (exact) mass is 433 g/mol. The van der Waals surface area contributed by atoms with E-state index >= 15 is 0 Å². The van der Waals surface area contributed by atoms with Gasteiger partial charge in [-0.05, 0) is 43.3 Å². The van der Waals surface area contributed by atoms with Crippen molar-refractivity contribution in [1.29, 1.82) is 0 Å². The Morgan fingerprint density at radius 3 is 2.41 bits per heavy atom. The second-order valence-corrected chi connectivity index (χ2v) is 6.50. The Hall–Kier alpha value is -2.87. The molecule has 2 amide bonds. The first-order valence-corrected chi connectivity index (χ1v) is 8.83. The fraction of sp³-hybridized carbons (Fsp3) is 0.211. The first-order valence-electron chi connectivity index (χ1n) is 8.04. The zero-order valence-corrected chi connectivity index (χ0v) is 16.8. The number of hydrazone groups is 1. The summed E-state index contributed by atoms with van der Waals surface area (Å²) in [6.07, 6.45) is 0.0517. The molecule has 2 aromatic rings. The second kappa shape index (κ2) is 9.72. The van der Waals surface area contributed by atoms with E-state index in [0.29, 0.717) is 28.5 Å². The van der Waals surface area contributed by atoms with Crippen molar-refractivity contribution in [1.82, 2.24) is 5.43 Å². The maximum atomic E-state index is 12.3. The number of rotatable bonds is 7. The van der Waals surface area contributed by atoms with Gasteiger partial charge in [-0.2, -0.15) is 5.10 Å². The van der Waals surface area contributed by atoms with Gasteiger partial charge in [0.05, 0.1) is 26.2 Å². The highest BCUT2D eigenvalue weighted by atomic mass is 79.9. The van der Waals surface area contributed by atoms with Crippen LogP contribution in [0, 0.1) is 0 Å². The van der Waals surface area contributed by atoms with Crippen molar-refractivity contribution in [2.45, 2.75) is 13.3 Å². The number of nitrogens with one attached hydrogen (secondary N) is 2. The van der Waals surface area contributed by atoms with Gasteiger partial charge in [0.1, 0.15) is 11.5 Å². The van der Waals surface area contributed by atoms with Gasteiger partial charge < -0.3 is 14.8 Å². The van der Waals surface area contributed by atoms with Crippen LogP contribution in [0.3, 0.4) is 0 Å². The Kier molecular flexibility index (Phi) is 7.36. The number of carbonyl (C=O) groups is 2. The summed E-state index contributed by atoms with van der Waals surface area (Å²) in [5.74, 6) is 0.275. The molecule has 0 unspecified atom stereocenters. The lowest BCUT2D eigenvalue weighted by Gasteiger charge is -2.09. The average molecular weight is 434 g/mol. The number of carbonyl (C=O) groups excluding carboxylic acids is 2. The fourth-order valence-corrected chi connectivity index (χ4v) is 2.47. The third-order valence-electron chi connectivity index (χ3n) is 3.55. The number of anilines is 1. The summed E-state index contributed by atoms with van der Waals surface area (Å²) in [6, 6.07) is 12.1. The van der Waals surface area contributed by atoms with Gasteiger partial charge in [-0.25, -0.2) is 5.43 Å². The van der Waals surface area contributed by atoms with Crippen LogP contribution in [-0.4, -0.2) is 31.7 Å². The maximum Gasteiger partial charge on any atom is 0.275 e. The molecular formula is C19H20BrN3O4. The predicted octanol–water partition coefficient (Wildman–Crippen LogP) is 3.60. The maximum absolute atomic E-state index is 12.3. The lowest BCUT2D eigenvalue weighted by Crippen LogP contribution is -2.22. The van der Waals surface area contributed by atoms with E-state index < -0.39 is 5.91 Å². The van der Waals surface area contributed by atoms with Crippen LogP contribution in [0.1, 0.15) is 23.7 Å². The van der Waals surface area contributed by atoms with E-state index in [0.717, 1.165) is 4.47 Å². The van der Waals surface area contributed by atoms with Crippen molar-refractivity contribution in [3.05, 3.63) is 52.5 Å². The van der Waals surface area contributed by atoms with Crippen molar-refractivity contribution in [2.24, 2.45) is 5.10 Å². The van der Waals surface area contributed by atoms with Crippen LogP contribution in [0.15, 0.2) is 52.0 Å². The van der Waals surface area contributed by atoms with Crippen molar-refractivity contribution >= 4 is 39.1 Å². The Labute approximate surface area is 165 Å². The number of ether oxygens (including phenoxy) is 2. The minimum atomic E-state index is -0.442. The molecule has 27 heavy (non-hydrogen) atoms. The van der Waals surface area contributed by atoms with Gasteiger partial charge in [-0.1, -0.05) is 15.9 Å². The third kappa shape index (κ3) is 6.10. The minimum absolute atomic E-state index is 0.0517. The first-order chi connectivity index (χ1) is 12.9. The molecule has 0 fully saturated rings. The van der Waals surface area contributed by atoms with Gasteiger partial charge in [0.25, 0.3) is 5.91 Å². The molecule has 2 N–H and O–H groups in total. The first kappa shape index (κ1) is 20.4. The fourth-order valence-electron chi connectivity index (χ4n) is 2.20. The molecular weight excluding hydrogens is 414 g/mol. The number of nitrogens with zero attached hydrogens (tertiary/aromatic N) is 1. The van der Waals surface area contributed by atoms with Gasteiger partial charge in [-0.15, -0.1) is 0 Å². The number of hydrogen-bond acceptors (Lipinski definition) is 5. The van der Waals surface area contributed by atoms with E-state index in [1.807, 2.05) is 12.1 Å². The average Bonchev–Trinajstić information content (AvgIpc) is 2.67. The molecule has 0 spiro atoms. The molecule has 0 radical (unpaired) electrons. The number of halogens is 1. The lowest BCUT2D eigenvalue weighted by molar-refractivity contribution is -0.115. The lowest BCUT2D eigenvalue weighted by atomic mass is 10.2. The van der Waals surface area contributed by atoms with E-state index in [9.17, 15) is 9.59 Å². The zero-order chi connectivity index (χ0) is 19.8. The highest BCUT2D eigenvalue weighted by molar-refractivity contribution is 9.10. The molecule has 0 saturated carbocycles. The van der Waals surface area contributed by atoms with Crippen LogP contribution >= 0.6 is 15.9 Å². The summed E-state index contributed by atoms with van der Waals surface area (Å²) in [5, 5.41) is 6.74. The summed E-state index contributed by atoms with van der Waals surface area (Å²) in [6.45, 7) is 1.66. The van der Waals surface area contributed by atoms with Crippen molar-refractivity contribution in [3.8, 4) is 11.5 Å². The number of hydrogen-bond donors (Lipinski definition) is 2. The van der Waals surface area contributed by atoms with Crippen LogP contribution in [0.4, 0.5) is 5.69 Å². The van der Waals surface area contributed by atoms with Crippen LogP contribution < -0.4 is 20.2 Å². The molecule has 7 nitrogen and oxygen atoms in total. The summed E-state index contributed by atoms with van der Waals surface area (Å²) >= 11 is 3.34. The molecule has 8 heteroatoms. The molecule has 0 aliphatic rings. The number of amides is 2. The molecule has 142 valence electrons. The molecule has 0 saturated heterocycles. The number of benzene rings is 2. The SMILES string of the molecule is COc1ccc(C(=O)N/N=C(/C)CC(=O)Nc2ccc(Br)cc2)c(OC)c1. The highest BCUT2D eigenvalue weighted by Gasteiger charge is 2.13. The molecule has 2 aromatic carbocycles. The summed E-state index contributed by atoms with van der Waals surface area (Å²) in [7, 11) is 2.99. The van der Waals surface area contributed by atoms with E-state index in [-0.39, 0.29) is 12.3 Å². The van der Waals surface area contributed by atoms with Gasteiger partial charge in [0, 0.05) is 21.9 Å². The van der Waals surface area contributed by atoms with E-state index in [2.05, 4.69) is 31.8 Å². The van der Waals surface area contributed by atoms with Crippen LogP contribution in [-0.2, 0) is 4.79 Å². The normalized spacial score (nSPS) is 10.9. The highest BCUT2D eigenvalue weighted by Crippen LogP contribution is 2.24. The summed E-state index contributed by atoms with van der Waals surface area (Å²) < 4.78 is 11.2. The van der Waals surface area contributed by atoms with Crippen LogP contribution in [0.5, 0.6) is 11.5 Å². The third-order valence-corrected chi connectivity index (χ3v) is 4.07. The second-order valence-electron chi connectivity index (χ2n) is 5.59. The predicted molar refractivity (Wildman–Crippen MR) is 108 cm³/mol. The van der Waals surface area contributed by atoms with Crippen LogP contribution in [0.2, 0.25) is 0 Å². The molecule has 2 rings (SSSR count). The molecule has 0 atom stereocenters. The Bertz CT molecular complexity index is 851. The molecule has 0 bridgehead atoms. The topological polar surface area (TPSA) is 89.0 Å². The molecule has 0 aromatic heterocycles. The Morgan fingerprint density at radius 2 is 1.78 bits per heavy atom. The quantitative estimate of drug-likeness (QED) is 0.515. The van der Waals surface area contributed by atoms with Crippen molar-refractivity contribution < 1.29 is 19.1 Å². The van der Waals surface area contributed by atoms with Crippen molar-refractivity contribution in [2.75, 3.05) is 19.5 Å². The van der Waals surface area contributed by atoms with E-state index in [1.165, 1.54) is 14.2 Å². The van der Waals surface area contributed by atoms with E-state index in [4.69, 9.17) is 9.47 Å². The molecule has 0 aliphatic carbocycles. The Morgan fingerprint density at radius 1 is 1.07 bits per heavy atom. The van der Waals surface area contributed by atoms with E-state index in [1.54, 1.807) is 37.3 Å². The molecule has 0 aliphatic heterocycles. The largest absolute Gasteiger partial charge is 0.497 e. The standard InChI is InChI=1S/C19H20BrN3O4/c1-12(10-18(24)21-14-6-4-13(20)5-7-14)22-23-19(25)16-9-8-15(26-2)11-17(16)27-3/h4-9,11H,10H2,1-3H3,(H,21,24)(H,23,25)/b22-12-. The summed E-state index contributed by atoms with van der Waals surface area (Å²) in [5.41, 5.74) is 3.89. The minimum Gasteiger partial charge on any atom is -0.497 e. The van der Waals surface area contributed by atoms with Gasteiger partial charge >= 0.3 is 0 Å². The van der Waals surface area contributed by atoms with Gasteiger partial charge in [-0.3, -0.25) is 9.59 Å². The van der Waals surface area contributed by atoms with Gasteiger partial charge in [0.2, 0.25) is 5.91 Å². The zero-order valence-electron chi connectivity index (χ0n) is 15.2. The smallest absolute Gasteiger partial charge is 0.275 e. The number of methoxy groups -OCH3 is 2.